The minimum absolute atomic E-state index is 0.178. The summed E-state index contributed by atoms with van der Waals surface area (Å²) in [4.78, 5) is 31.7. The maximum atomic E-state index is 12.0. The molecule has 1 atom stereocenters. The quantitative estimate of drug-likeness (QED) is 0.533. The summed E-state index contributed by atoms with van der Waals surface area (Å²) in [6.45, 7) is 1.08. The van der Waals surface area contributed by atoms with Crippen molar-refractivity contribution in [2.45, 2.75) is 18.7 Å². The molecule has 0 saturated heterocycles. The predicted octanol–water partition coefficient (Wildman–Crippen LogP) is 0.0989. The number of carboxylic acids is 1. The predicted molar refractivity (Wildman–Crippen MR) is 75.8 cm³/mol. The van der Waals surface area contributed by atoms with E-state index in [0.29, 0.717) is 0 Å². The lowest BCUT2D eigenvalue weighted by atomic mass is 10.2. The van der Waals surface area contributed by atoms with E-state index >= 15 is 0 Å². The van der Waals surface area contributed by atoms with Gasteiger partial charge in [-0.1, -0.05) is 12.1 Å². The molecule has 9 nitrogen and oxygen atoms in total. The first-order valence-electron chi connectivity index (χ1n) is 6.04. The zero-order valence-electron chi connectivity index (χ0n) is 11.6. The fourth-order valence-electron chi connectivity index (χ4n) is 1.70. The molecule has 0 unspecified atom stereocenters. The normalized spacial score (nSPS) is 12.4. The van der Waals surface area contributed by atoms with Crippen molar-refractivity contribution in [2.75, 3.05) is 5.75 Å². The molecule has 120 valence electrons. The van der Waals surface area contributed by atoms with E-state index in [4.69, 9.17) is 5.11 Å². The summed E-state index contributed by atoms with van der Waals surface area (Å²) in [6, 6.07) is 3.34. The third-order valence-corrected chi connectivity index (χ3v) is 4.24. The van der Waals surface area contributed by atoms with Crippen LogP contribution in [-0.4, -0.2) is 42.1 Å². The number of carboxylic acid groups (broad SMARTS) is 1. The first-order valence-corrected chi connectivity index (χ1v) is 7.86. The Morgan fingerprint density at radius 3 is 2.27 bits per heavy atom. The lowest BCUT2D eigenvalue weighted by Crippen LogP contribution is -2.44. The van der Waals surface area contributed by atoms with E-state index in [9.17, 15) is 28.1 Å². The molecule has 2 N–H and O–H groups in total. The van der Waals surface area contributed by atoms with E-state index in [1.54, 1.807) is 0 Å². The standard InChI is InChI=1S/C12H14N2O7S/c1-8(15)13-11(12(16)17)7-22(20,21)6-9-2-4-10(5-3-9)14(18)19/h2-5,11H,6-7H2,1H3,(H,13,15)(H,16,17)/t11-/m0/s1. The van der Waals surface area contributed by atoms with Crippen LogP contribution in [0.25, 0.3) is 0 Å². The number of benzene rings is 1. The molecule has 0 saturated carbocycles. The molecule has 0 aliphatic carbocycles. The molecule has 1 aromatic carbocycles. The summed E-state index contributed by atoms with van der Waals surface area (Å²) in [6.07, 6.45) is 0. The number of non-ortho nitro benzene ring substituents is 1. The largest absolute Gasteiger partial charge is 0.480 e. The molecule has 0 radical (unpaired) electrons. The van der Waals surface area contributed by atoms with Crippen LogP contribution in [0, 0.1) is 10.1 Å². The molecule has 0 fully saturated rings. The molecule has 22 heavy (non-hydrogen) atoms. The van der Waals surface area contributed by atoms with E-state index in [-0.39, 0.29) is 11.3 Å². The number of sulfone groups is 1. The van der Waals surface area contributed by atoms with Crippen molar-refractivity contribution in [2.24, 2.45) is 0 Å². The van der Waals surface area contributed by atoms with Crippen molar-refractivity contribution in [3.63, 3.8) is 0 Å². The summed E-state index contributed by atoms with van der Waals surface area (Å²) < 4.78 is 23.9. The van der Waals surface area contributed by atoms with Gasteiger partial charge in [0.05, 0.1) is 16.4 Å². The molecule has 1 rings (SSSR count). The van der Waals surface area contributed by atoms with Crippen LogP contribution in [-0.2, 0) is 25.2 Å². The molecule has 0 bridgehead atoms. The zero-order valence-corrected chi connectivity index (χ0v) is 12.4. The molecule has 0 aliphatic rings. The lowest BCUT2D eigenvalue weighted by Gasteiger charge is -2.13. The summed E-state index contributed by atoms with van der Waals surface area (Å²) in [7, 11) is -3.82. The van der Waals surface area contributed by atoms with Gasteiger partial charge in [0.15, 0.2) is 9.84 Å². The van der Waals surface area contributed by atoms with Gasteiger partial charge in [-0.25, -0.2) is 13.2 Å². The number of carbonyl (C=O) groups excluding carboxylic acids is 1. The molecule has 0 aliphatic heterocycles. The van der Waals surface area contributed by atoms with E-state index in [1.165, 1.54) is 12.1 Å². The van der Waals surface area contributed by atoms with Crippen LogP contribution in [0.3, 0.4) is 0 Å². The third-order valence-electron chi connectivity index (χ3n) is 2.63. The average molecular weight is 330 g/mol. The van der Waals surface area contributed by atoms with Crippen LogP contribution in [0.4, 0.5) is 5.69 Å². The van der Waals surface area contributed by atoms with E-state index in [2.05, 4.69) is 0 Å². The number of hydrogen-bond acceptors (Lipinski definition) is 6. The highest BCUT2D eigenvalue weighted by atomic mass is 32.2. The maximum Gasteiger partial charge on any atom is 0.327 e. The molecular formula is C12H14N2O7S. The van der Waals surface area contributed by atoms with Gasteiger partial charge < -0.3 is 10.4 Å². The van der Waals surface area contributed by atoms with Gasteiger partial charge in [0.25, 0.3) is 5.69 Å². The summed E-state index contributed by atoms with van der Waals surface area (Å²) >= 11 is 0. The topological polar surface area (TPSA) is 144 Å². The second-order valence-corrected chi connectivity index (χ2v) is 6.68. The average Bonchev–Trinajstić information content (AvgIpc) is 2.37. The van der Waals surface area contributed by atoms with Gasteiger partial charge in [-0.3, -0.25) is 14.9 Å². The van der Waals surface area contributed by atoms with Crippen molar-refractivity contribution in [3.8, 4) is 0 Å². The van der Waals surface area contributed by atoms with E-state index in [1.807, 2.05) is 5.32 Å². The molecule has 10 heteroatoms. The number of nitrogens with zero attached hydrogens (tertiary/aromatic N) is 1. The van der Waals surface area contributed by atoms with Gasteiger partial charge in [-0.05, 0) is 5.56 Å². The SMILES string of the molecule is CC(=O)N[C@@H](CS(=O)(=O)Cc1ccc([N+](=O)[O-])cc1)C(=O)O. The van der Waals surface area contributed by atoms with Gasteiger partial charge in [0, 0.05) is 19.1 Å². The maximum absolute atomic E-state index is 12.0. The molecule has 1 amide bonds. The number of hydrogen-bond donors (Lipinski definition) is 2. The molecule has 0 heterocycles. The Kier molecular flexibility index (Phi) is 5.57. The third kappa shape index (κ3) is 5.48. The van der Waals surface area contributed by atoms with Crippen LogP contribution in [0.15, 0.2) is 24.3 Å². The van der Waals surface area contributed by atoms with Gasteiger partial charge in [-0.2, -0.15) is 0 Å². The fourth-order valence-corrected chi connectivity index (χ4v) is 3.25. The van der Waals surface area contributed by atoms with Gasteiger partial charge in [-0.15, -0.1) is 0 Å². The second kappa shape index (κ2) is 6.98. The minimum Gasteiger partial charge on any atom is -0.480 e. The van der Waals surface area contributed by atoms with Crippen LogP contribution >= 0.6 is 0 Å². The van der Waals surface area contributed by atoms with Crippen molar-refractivity contribution in [1.29, 1.82) is 0 Å². The van der Waals surface area contributed by atoms with Crippen molar-refractivity contribution in [3.05, 3.63) is 39.9 Å². The second-order valence-electron chi connectivity index (χ2n) is 4.57. The summed E-state index contributed by atoms with van der Waals surface area (Å²) in [5.74, 6) is -3.35. The Morgan fingerprint density at radius 2 is 1.86 bits per heavy atom. The highest BCUT2D eigenvalue weighted by molar-refractivity contribution is 7.90. The molecule has 0 spiro atoms. The van der Waals surface area contributed by atoms with Crippen LogP contribution in [0.5, 0.6) is 0 Å². The Labute approximate surface area is 126 Å². The molecule has 1 aromatic rings. The Balaban J connectivity index is 2.83. The van der Waals surface area contributed by atoms with E-state index < -0.39 is 44.2 Å². The summed E-state index contributed by atoms with van der Waals surface area (Å²) in [5.41, 5.74) is 0.111. The Hall–Kier alpha value is -2.49. The fraction of sp³-hybridized carbons (Fsp3) is 0.333. The summed E-state index contributed by atoms with van der Waals surface area (Å²) in [5, 5.41) is 21.4. The number of amides is 1. The highest BCUT2D eigenvalue weighted by Crippen LogP contribution is 2.14. The zero-order chi connectivity index (χ0) is 16.9. The van der Waals surface area contributed by atoms with Crippen LogP contribution < -0.4 is 5.32 Å². The van der Waals surface area contributed by atoms with Gasteiger partial charge in [0.2, 0.25) is 5.91 Å². The van der Waals surface area contributed by atoms with Crippen molar-refractivity contribution in [1.82, 2.24) is 5.32 Å². The molecule has 0 aromatic heterocycles. The van der Waals surface area contributed by atoms with E-state index in [0.717, 1.165) is 19.1 Å². The van der Waals surface area contributed by atoms with Gasteiger partial charge >= 0.3 is 5.97 Å². The number of nitrogens with one attached hydrogen (secondary N) is 1. The Morgan fingerprint density at radius 1 is 1.32 bits per heavy atom. The molecular weight excluding hydrogens is 316 g/mol. The monoisotopic (exact) mass is 330 g/mol. The first-order chi connectivity index (χ1) is 10.1. The number of carbonyl (C=O) groups is 2. The van der Waals surface area contributed by atoms with Crippen LogP contribution in [0.2, 0.25) is 0 Å². The number of nitro benzene ring substituents is 1. The number of nitro groups is 1. The lowest BCUT2D eigenvalue weighted by molar-refractivity contribution is -0.384. The van der Waals surface area contributed by atoms with Crippen molar-refractivity contribution >= 4 is 27.4 Å². The Bertz CT molecular complexity index is 682. The smallest absolute Gasteiger partial charge is 0.327 e. The number of aliphatic carboxylic acids is 1. The van der Waals surface area contributed by atoms with Gasteiger partial charge in [0.1, 0.15) is 6.04 Å². The first kappa shape index (κ1) is 17.6. The van der Waals surface area contributed by atoms with Crippen LogP contribution in [0.1, 0.15) is 12.5 Å². The highest BCUT2D eigenvalue weighted by Gasteiger charge is 2.26. The minimum atomic E-state index is -3.82. The number of rotatable bonds is 7. The van der Waals surface area contributed by atoms with Crippen molar-refractivity contribution < 1.29 is 28.0 Å².